The molecule has 1 aliphatic carbocycles. The number of morpholine rings is 1. The van der Waals surface area contributed by atoms with Crippen LogP contribution in [0.1, 0.15) is 58.3 Å². The first-order valence-electron chi connectivity index (χ1n) is 12.3. The topological polar surface area (TPSA) is 67.4 Å². The monoisotopic (exact) mass is 552 g/mol. The molecule has 8 heteroatoms. The summed E-state index contributed by atoms with van der Waals surface area (Å²) in [6.07, 6.45) is 10.1. The summed E-state index contributed by atoms with van der Waals surface area (Å²) < 4.78 is 16.9. The summed E-state index contributed by atoms with van der Waals surface area (Å²) in [5, 5.41) is 6.95. The number of halogens is 1. The van der Waals surface area contributed by atoms with Crippen molar-refractivity contribution in [2.45, 2.75) is 64.4 Å². The van der Waals surface area contributed by atoms with Crippen molar-refractivity contribution < 1.29 is 14.2 Å². The molecule has 31 heavy (non-hydrogen) atoms. The highest BCUT2D eigenvalue weighted by atomic mass is 127. The third kappa shape index (κ3) is 10.1. The first-order valence-corrected chi connectivity index (χ1v) is 12.3. The highest BCUT2D eigenvalue weighted by molar-refractivity contribution is 14.0. The number of hydrogen-bond donors (Lipinski definition) is 2. The van der Waals surface area contributed by atoms with Crippen molar-refractivity contribution in [2.75, 3.05) is 72.3 Å². The van der Waals surface area contributed by atoms with Crippen LogP contribution in [0.25, 0.3) is 0 Å². The number of nitrogens with one attached hydrogen (secondary N) is 2. The van der Waals surface area contributed by atoms with Crippen molar-refractivity contribution >= 4 is 29.9 Å². The van der Waals surface area contributed by atoms with Crippen LogP contribution in [0.5, 0.6) is 0 Å². The summed E-state index contributed by atoms with van der Waals surface area (Å²) in [4.78, 5) is 7.64. The van der Waals surface area contributed by atoms with Crippen LogP contribution >= 0.6 is 24.0 Å². The molecule has 0 bridgehead atoms. The van der Waals surface area contributed by atoms with E-state index in [-0.39, 0.29) is 24.0 Å². The number of nitrogens with zero attached hydrogens (tertiary/aromatic N) is 2. The minimum absolute atomic E-state index is 0. The van der Waals surface area contributed by atoms with Crippen LogP contribution in [-0.4, -0.2) is 89.3 Å². The molecule has 3 rings (SSSR count). The first-order chi connectivity index (χ1) is 14.8. The molecule has 0 aromatic carbocycles. The van der Waals surface area contributed by atoms with E-state index in [4.69, 9.17) is 19.2 Å². The lowest BCUT2D eigenvalue weighted by molar-refractivity contribution is -0.0320. The van der Waals surface area contributed by atoms with Gasteiger partial charge in [-0.3, -0.25) is 9.89 Å². The molecule has 2 aliphatic heterocycles. The maximum atomic E-state index is 5.98. The van der Waals surface area contributed by atoms with Gasteiger partial charge in [-0.15, -0.1) is 24.0 Å². The summed E-state index contributed by atoms with van der Waals surface area (Å²) >= 11 is 0. The van der Waals surface area contributed by atoms with Gasteiger partial charge in [0.1, 0.15) is 0 Å². The van der Waals surface area contributed by atoms with E-state index >= 15 is 0 Å². The van der Waals surface area contributed by atoms with Crippen LogP contribution in [0.2, 0.25) is 0 Å². The van der Waals surface area contributed by atoms with Crippen molar-refractivity contribution in [3.05, 3.63) is 0 Å². The van der Waals surface area contributed by atoms with Crippen molar-refractivity contribution in [2.24, 2.45) is 10.4 Å². The van der Waals surface area contributed by atoms with Crippen LogP contribution in [-0.2, 0) is 14.2 Å². The smallest absolute Gasteiger partial charge is 0.191 e. The molecule has 182 valence electrons. The molecule has 0 radical (unpaired) electrons. The van der Waals surface area contributed by atoms with E-state index in [1.54, 1.807) is 0 Å². The summed E-state index contributed by atoms with van der Waals surface area (Å²) in [6, 6.07) is 0. The fourth-order valence-corrected chi connectivity index (χ4v) is 4.86. The summed E-state index contributed by atoms with van der Waals surface area (Å²) in [7, 11) is 0. The van der Waals surface area contributed by atoms with Gasteiger partial charge in [-0.2, -0.15) is 0 Å². The molecule has 1 saturated carbocycles. The highest BCUT2D eigenvalue weighted by Gasteiger charge is 2.34. The molecule has 2 N–H and O–H groups in total. The van der Waals surface area contributed by atoms with Crippen LogP contribution < -0.4 is 10.6 Å². The number of rotatable bonds is 10. The number of ether oxygens (including phenoxy) is 3. The zero-order valence-electron chi connectivity index (χ0n) is 19.5. The number of hydrogen-bond acceptors (Lipinski definition) is 5. The highest BCUT2D eigenvalue weighted by Crippen LogP contribution is 2.37. The van der Waals surface area contributed by atoms with Gasteiger partial charge in [-0.25, -0.2) is 0 Å². The van der Waals surface area contributed by atoms with Gasteiger partial charge >= 0.3 is 0 Å². The Morgan fingerprint density at radius 1 is 1.03 bits per heavy atom. The van der Waals surface area contributed by atoms with E-state index in [0.29, 0.717) is 11.5 Å². The van der Waals surface area contributed by atoms with E-state index in [9.17, 15) is 0 Å². The van der Waals surface area contributed by atoms with Crippen LogP contribution in [0.4, 0.5) is 0 Å². The largest absolute Gasteiger partial charge is 0.381 e. The minimum atomic E-state index is 0. The van der Waals surface area contributed by atoms with Crippen molar-refractivity contribution in [3.63, 3.8) is 0 Å². The molecular formula is C23H45IN4O3. The predicted octanol–water partition coefficient (Wildman–Crippen LogP) is 3.03. The molecular weight excluding hydrogens is 507 g/mol. The first kappa shape index (κ1) is 27.1. The summed E-state index contributed by atoms with van der Waals surface area (Å²) in [5.41, 5.74) is 0.324. The summed E-state index contributed by atoms with van der Waals surface area (Å²) in [6.45, 7) is 12.4. The lowest BCUT2D eigenvalue weighted by Gasteiger charge is -2.41. The molecule has 2 heterocycles. The van der Waals surface area contributed by atoms with Crippen LogP contribution in [0.15, 0.2) is 4.99 Å². The molecule has 0 unspecified atom stereocenters. The fourth-order valence-electron chi connectivity index (χ4n) is 4.86. The second-order valence-corrected chi connectivity index (χ2v) is 9.11. The van der Waals surface area contributed by atoms with E-state index in [0.717, 1.165) is 97.5 Å². The quantitative estimate of drug-likeness (QED) is 0.188. The standard InChI is InChI=1S/C23H44N4O3.HI/c1-2-24-22(25-11-6-14-30-21-7-15-28-16-8-21)26-19-23(9-4-3-5-10-23)20-27-12-17-29-18-13-27;/h21H,2-20H2,1H3,(H2,24,25,26);1H. The summed E-state index contributed by atoms with van der Waals surface area (Å²) in [5.74, 6) is 0.954. The second-order valence-electron chi connectivity index (χ2n) is 9.11. The van der Waals surface area contributed by atoms with E-state index < -0.39 is 0 Å². The Balaban J connectivity index is 0.00000341. The van der Waals surface area contributed by atoms with Gasteiger partial charge in [0.2, 0.25) is 0 Å². The predicted molar refractivity (Wildman–Crippen MR) is 137 cm³/mol. The average Bonchev–Trinajstić information content (AvgIpc) is 2.79. The minimum Gasteiger partial charge on any atom is -0.381 e. The molecule has 3 fully saturated rings. The second kappa shape index (κ2) is 15.6. The average molecular weight is 553 g/mol. The molecule has 3 aliphatic rings. The lowest BCUT2D eigenvalue weighted by atomic mass is 9.73. The zero-order valence-corrected chi connectivity index (χ0v) is 21.9. The Morgan fingerprint density at radius 2 is 1.74 bits per heavy atom. The van der Waals surface area contributed by atoms with Crippen LogP contribution in [0, 0.1) is 5.41 Å². The maximum Gasteiger partial charge on any atom is 0.191 e. The molecule has 0 aromatic rings. The van der Waals surface area contributed by atoms with E-state index in [1.807, 2.05) is 0 Å². The van der Waals surface area contributed by atoms with Gasteiger partial charge in [-0.1, -0.05) is 19.3 Å². The Morgan fingerprint density at radius 3 is 2.45 bits per heavy atom. The molecule has 0 aromatic heterocycles. The molecule has 7 nitrogen and oxygen atoms in total. The fraction of sp³-hybridized carbons (Fsp3) is 0.957. The van der Waals surface area contributed by atoms with E-state index in [1.165, 1.54) is 32.1 Å². The maximum absolute atomic E-state index is 5.98. The molecule has 0 amide bonds. The third-order valence-electron chi connectivity index (χ3n) is 6.63. The SMILES string of the molecule is CCNC(=NCC1(CN2CCOCC2)CCCCC1)NCCCOC1CCOCC1.I. The van der Waals surface area contributed by atoms with Crippen molar-refractivity contribution in [1.82, 2.24) is 15.5 Å². The van der Waals surface area contributed by atoms with Crippen LogP contribution in [0.3, 0.4) is 0 Å². The lowest BCUT2D eigenvalue weighted by Crippen LogP contribution is -2.46. The number of guanidine groups is 1. The van der Waals surface area contributed by atoms with Crippen molar-refractivity contribution in [1.29, 1.82) is 0 Å². The van der Waals surface area contributed by atoms with Gasteiger partial charge in [0.15, 0.2) is 5.96 Å². The number of aliphatic imine (C=N–C) groups is 1. The van der Waals surface area contributed by atoms with Gasteiger partial charge in [-0.05, 0) is 39.0 Å². The molecule has 0 atom stereocenters. The van der Waals surface area contributed by atoms with Gasteiger partial charge in [0.05, 0.1) is 19.3 Å². The Labute approximate surface area is 206 Å². The Bertz CT molecular complexity index is 491. The molecule has 0 spiro atoms. The van der Waals surface area contributed by atoms with E-state index in [2.05, 4.69) is 22.5 Å². The van der Waals surface area contributed by atoms with Gasteiger partial charge in [0, 0.05) is 64.5 Å². The van der Waals surface area contributed by atoms with Gasteiger partial charge in [0.25, 0.3) is 0 Å². The normalized spacial score (nSPS) is 23.2. The Hall–Kier alpha value is -0.160. The Kier molecular flexibility index (Phi) is 13.7. The zero-order chi connectivity index (χ0) is 20.9. The van der Waals surface area contributed by atoms with Crippen molar-refractivity contribution in [3.8, 4) is 0 Å². The van der Waals surface area contributed by atoms with Gasteiger partial charge < -0.3 is 24.8 Å². The third-order valence-corrected chi connectivity index (χ3v) is 6.63. The molecule has 2 saturated heterocycles.